The van der Waals surface area contributed by atoms with Crippen molar-refractivity contribution in [1.82, 2.24) is 0 Å². The Morgan fingerprint density at radius 2 is 1.20 bits per heavy atom. The molecule has 25 heavy (non-hydrogen) atoms. The van der Waals surface area contributed by atoms with E-state index >= 15 is 0 Å². The second-order valence-electron chi connectivity index (χ2n) is 5.70. The lowest BCUT2D eigenvalue weighted by Crippen LogP contribution is -2.31. The lowest BCUT2D eigenvalue weighted by atomic mass is 9.88. The highest BCUT2D eigenvalue weighted by molar-refractivity contribution is 5.96. The van der Waals surface area contributed by atoms with Crippen LogP contribution in [0.2, 0.25) is 0 Å². The maximum absolute atomic E-state index is 12.1. The average molecular weight is 338 g/mol. The van der Waals surface area contributed by atoms with Gasteiger partial charge in [0.25, 0.3) is 0 Å². The number of hydrogen-bond donors (Lipinski definition) is 0. The molecule has 130 valence electrons. The zero-order chi connectivity index (χ0) is 18.2. The van der Waals surface area contributed by atoms with Crippen molar-refractivity contribution in [3.63, 3.8) is 0 Å². The molecule has 0 N–H and O–H groups in total. The molecule has 4 heteroatoms. The van der Waals surface area contributed by atoms with Gasteiger partial charge in [-0.25, -0.2) is 0 Å². The SMILES string of the molecule is COC(=O)C(C(=O)OC)[C@H](C)C=C(c1ccccc1)c1ccccc1. The van der Waals surface area contributed by atoms with Crippen LogP contribution in [0.15, 0.2) is 66.7 Å². The molecule has 2 rings (SSSR count). The highest BCUT2D eigenvalue weighted by Crippen LogP contribution is 2.28. The topological polar surface area (TPSA) is 52.6 Å². The van der Waals surface area contributed by atoms with Gasteiger partial charge in [0.15, 0.2) is 5.92 Å². The molecule has 0 bridgehead atoms. The molecular weight excluding hydrogens is 316 g/mol. The number of esters is 2. The van der Waals surface area contributed by atoms with Crippen LogP contribution in [0.4, 0.5) is 0 Å². The fourth-order valence-electron chi connectivity index (χ4n) is 2.73. The van der Waals surface area contributed by atoms with Gasteiger partial charge in [-0.15, -0.1) is 0 Å². The van der Waals surface area contributed by atoms with Crippen molar-refractivity contribution in [2.45, 2.75) is 6.92 Å². The van der Waals surface area contributed by atoms with Crippen LogP contribution >= 0.6 is 0 Å². The summed E-state index contributed by atoms with van der Waals surface area (Å²) in [7, 11) is 2.54. The molecule has 0 heterocycles. The minimum absolute atomic E-state index is 0.393. The van der Waals surface area contributed by atoms with Crippen LogP contribution in [0.3, 0.4) is 0 Å². The van der Waals surface area contributed by atoms with E-state index < -0.39 is 23.8 Å². The first-order valence-corrected chi connectivity index (χ1v) is 8.06. The first kappa shape index (κ1) is 18.5. The van der Waals surface area contributed by atoms with Crippen molar-refractivity contribution in [2.24, 2.45) is 11.8 Å². The van der Waals surface area contributed by atoms with Crippen molar-refractivity contribution in [3.8, 4) is 0 Å². The fourth-order valence-corrected chi connectivity index (χ4v) is 2.73. The van der Waals surface area contributed by atoms with Crippen LogP contribution in [-0.4, -0.2) is 26.2 Å². The highest BCUT2D eigenvalue weighted by Gasteiger charge is 2.33. The monoisotopic (exact) mass is 338 g/mol. The summed E-state index contributed by atoms with van der Waals surface area (Å²) in [4.78, 5) is 24.1. The number of rotatable bonds is 6. The Balaban J connectivity index is 2.49. The van der Waals surface area contributed by atoms with Crippen LogP contribution in [0.5, 0.6) is 0 Å². The van der Waals surface area contributed by atoms with Crippen molar-refractivity contribution >= 4 is 17.5 Å². The van der Waals surface area contributed by atoms with Crippen molar-refractivity contribution in [3.05, 3.63) is 77.9 Å². The summed E-state index contributed by atoms with van der Waals surface area (Å²) in [5.41, 5.74) is 2.97. The van der Waals surface area contributed by atoms with Gasteiger partial charge in [-0.05, 0) is 22.6 Å². The van der Waals surface area contributed by atoms with Crippen LogP contribution in [-0.2, 0) is 19.1 Å². The number of methoxy groups -OCH3 is 2. The zero-order valence-corrected chi connectivity index (χ0v) is 14.6. The van der Waals surface area contributed by atoms with Gasteiger partial charge >= 0.3 is 11.9 Å². The van der Waals surface area contributed by atoms with Crippen LogP contribution in [0.25, 0.3) is 5.57 Å². The van der Waals surface area contributed by atoms with E-state index in [2.05, 4.69) is 0 Å². The van der Waals surface area contributed by atoms with Crippen LogP contribution < -0.4 is 0 Å². The van der Waals surface area contributed by atoms with Gasteiger partial charge in [-0.3, -0.25) is 9.59 Å². The molecule has 0 saturated carbocycles. The smallest absolute Gasteiger partial charge is 0.320 e. The Morgan fingerprint density at radius 1 is 0.800 bits per heavy atom. The number of allylic oxidation sites excluding steroid dienone is 1. The third-order valence-corrected chi connectivity index (χ3v) is 4.04. The second-order valence-corrected chi connectivity index (χ2v) is 5.70. The maximum Gasteiger partial charge on any atom is 0.320 e. The van der Waals surface area contributed by atoms with E-state index in [1.807, 2.05) is 73.7 Å². The minimum atomic E-state index is -1.00. The number of benzene rings is 2. The Hall–Kier alpha value is -2.88. The molecule has 0 spiro atoms. The van der Waals surface area contributed by atoms with Gasteiger partial charge in [-0.2, -0.15) is 0 Å². The van der Waals surface area contributed by atoms with E-state index in [1.54, 1.807) is 0 Å². The minimum Gasteiger partial charge on any atom is -0.468 e. The van der Waals surface area contributed by atoms with Gasteiger partial charge in [0.1, 0.15) is 0 Å². The Bertz CT molecular complexity index is 678. The predicted molar refractivity (Wildman–Crippen MR) is 96.6 cm³/mol. The van der Waals surface area contributed by atoms with Crippen LogP contribution in [0.1, 0.15) is 18.1 Å². The quantitative estimate of drug-likeness (QED) is 0.595. The van der Waals surface area contributed by atoms with Gasteiger partial charge in [0, 0.05) is 0 Å². The van der Waals surface area contributed by atoms with E-state index in [0.717, 1.165) is 16.7 Å². The lowest BCUT2D eigenvalue weighted by molar-refractivity contribution is -0.160. The van der Waals surface area contributed by atoms with E-state index in [9.17, 15) is 9.59 Å². The third-order valence-electron chi connectivity index (χ3n) is 4.04. The van der Waals surface area contributed by atoms with Gasteiger partial charge in [0.05, 0.1) is 14.2 Å². The summed E-state index contributed by atoms with van der Waals surface area (Å²) < 4.78 is 9.56. The molecule has 2 aromatic rings. The molecule has 0 amide bonds. The molecule has 2 aromatic carbocycles. The number of ether oxygens (including phenoxy) is 2. The summed E-state index contributed by atoms with van der Waals surface area (Å²) in [6.45, 7) is 1.81. The first-order chi connectivity index (χ1) is 12.1. The number of carbonyl (C=O) groups is 2. The zero-order valence-electron chi connectivity index (χ0n) is 14.6. The Kier molecular flexibility index (Phi) is 6.52. The molecule has 0 aliphatic carbocycles. The Morgan fingerprint density at radius 3 is 1.56 bits per heavy atom. The molecule has 0 radical (unpaired) electrons. The Labute approximate surface area is 148 Å². The largest absolute Gasteiger partial charge is 0.468 e. The lowest BCUT2D eigenvalue weighted by Gasteiger charge is -2.19. The summed E-state index contributed by atoms with van der Waals surface area (Å²) >= 11 is 0. The second kappa shape index (κ2) is 8.83. The summed E-state index contributed by atoms with van der Waals surface area (Å²) in [6.07, 6.45) is 1.92. The normalized spacial score (nSPS) is 11.5. The van der Waals surface area contributed by atoms with Gasteiger partial charge < -0.3 is 9.47 Å². The van der Waals surface area contributed by atoms with E-state index in [0.29, 0.717) is 0 Å². The molecule has 0 unspecified atom stereocenters. The molecule has 0 aliphatic heterocycles. The van der Waals surface area contributed by atoms with Crippen molar-refractivity contribution in [2.75, 3.05) is 14.2 Å². The molecule has 0 fully saturated rings. The molecule has 1 atom stereocenters. The molecule has 0 aromatic heterocycles. The van der Waals surface area contributed by atoms with Gasteiger partial charge in [-0.1, -0.05) is 73.7 Å². The maximum atomic E-state index is 12.1. The molecule has 0 aliphatic rings. The number of carbonyl (C=O) groups excluding carboxylic acids is 2. The van der Waals surface area contributed by atoms with Crippen molar-refractivity contribution < 1.29 is 19.1 Å². The fraction of sp³-hybridized carbons (Fsp3) is 0.238. The molecule has 0 saturated heterocycles. The summed E-state index contributed by atoms with van der Waals surface area (Å²) in [6, 6.07) is 19.7. The van der Waals surface area contributed by atoms with E-state index in [4.69, 9.17) is 9.47 Å². The molecule has 4 nitrogen and oxygen atoms in total. The van der Waals surface area contributed by atoms with E-state index in [1.165, 1.54) is 14.2 Å². The van der Waals surface area contributed by atoms with Gasteiger partial charge in [0.2, 0.25) is 0 Å². The third kappa shape index (κ3) is 4.57. The first-order valence-electron chi connectivity index (χ1n) is 8.06. The predicted octanol–water partition coefficient (Wildman–Crippen LogP) is 3.72. The van der Waals surface area contributed by atoms with E-state index in [-0.39, 0.29) is 0 Å². The molecular formula is C21H22O4. The average Bonchev–Trinajstić information content (AvgIpc) is 2.67. The summed E-state index contributed by atoms with van der Waals surface area (Å²) in [5.74, 6) is -2.60. The number of hydrogen-bond acceptors (Lipinski definition) is 4. The standard InChI is InChI=1S/C21H22O4/c1-15(19(20(22)24-2)21(23)25-3)14-18(16-10-6-4-7-11-16)17-12-8-5-9-13-17/h4-15,19H,1-3H3/t15-/m1/s1. The van der Waals surface area contributed by atoms with Crippen LogP contribution in [0, 0.1) is 11.8 Å². The van der Waals surface area contributed by atoms with Crippen molar-refractivity contribution in [1.29, 1.82) is 0 Å². The highest BCUT2D eigenvalue weighted by atomic mass is 16.5. The summed E-state index contributed by atoms with van der Waals surface area (Å²) in [5, 5.41) is 0.